The fraction of sp³-hybridized carbons (Fsp3) is 0.500. The van der Waals surface area contributed by atoms with Gasteiger partial charge in [-0.15, -0.1) is 0 Å². The summed E-state index contributed by atoms with van der Waals surface area (Å²) in [6.07, 6.45) is 10.3. The quantitative estimate of drug-likeness (QED) is 0.186. The van der Waals surface area contributed by atoms with Crippen LogP contribution in [0.15, 0.2) is 36.4 Å². The fourth-order valence-corrected chi connectivity index (χ4v) is 4.68. The van der Waals surface area contributed by atoms with Gasteiger partial charge in [-0.2, -0.15) is 0 Å². The smallest absolute Gasteiger partial charge is 0.227 e. The van der Waals surface area contributed by atoms with Crippen molar-refractivity contribution in [1.29, 1.82) is 0 Å². The SMILES string of the molecule is Cc1c(NC(=O)CCCCCCCCC(=O)Nc2cccc(NC(=O)C3CC3)c2C)cccc1NC(=O)C1CC1. The highest BCUT2D eigenvalue weighted by Crippen LogP contribution is 2.33. The summed E-state index contributed by atoms with van der Waals surface area (Å²) in [5, 5.41) is 11.9. The Bertz CT molecular complexity index is 1140. The van der Waals surface area contributed by atoms with Gasteiger partial charge in [0, 0.05) is 47.4 Å². The van der Waals surface area contributed by atoms with Crippen molar-refractivity contribution in [3.63, 3.8) is 0 Å². The molecule has 0 unspecified atom stereocenters. The van der Waals surface area contributed by atoms with Crippen molar-refractivity contribution >= 4 is 46.4 Å². The van der Waals surface area contributed by atoms with E-state index in [9.17, 15) is 19.2 Å². The first-order valence-corrected chi connectivity index (χ1v) is 14.7. The zero-order valence-electron chi connectivity index (χ0n) is 23.7. The molecule has 4 N–H and O–H groups in total. The van der Waals surface area contributed by atoms with Crippen LogP contribution < -0.4 is 21.3 Å². The zero-order valence-corrected chi connectivity index (χ0v) is 23.7. The highest BCUT2D eigenvalue weighted by Gasteiger charge is 2.30. The van der Waals surface area contributed by atoms with Gasteiger partial charge in [0.2, 0.25) is 23.6 Å². The van der Waals surface area contributed by atoms with Crippen LogP contribution in [-0.2, 0) is 19.2 Å². The third-order valence-electron chi connectivity index (χ3n) is 7.69. The average molecular weight is 547 g/mol. The lowest BCUT2D eigenvalue weighted by Crippen LogP contribution is -2.16. The minimum absolute atomic E-state index is 0.0168. The number of rotatable bonds is 15. The Kier molecular flexibility index (Phi) is 10.3. The van der Waals surface area contributed by atoms with Crippen molar-refractivity contribution in [3.05, 3.63) is 47.5 Å². The molecule has 2 aliphatic rings. The second-order valence-electron chi connectivity index (χ2n) is 11.2. The number of benzene rings is 2. The number of unbranched alkanes of at least 4 members (excludes halogenated alkanes) is 5. The molecule has 2 aromatic rings. The molecular weight excluding hydrogens is 504 g/mol. The van der Waals surface area contributed by atoms with E-state index in [1.807, 2.05) is 50.2 Å². The summed E-state index contributed by atoms with van der Waals surface area (Å²) < 4.78 is 0. The van der Waals surface area contributed by atoms with E-state index >= 15 is 0 Å². The number of amides is 4. The summed E-state index contributed by atoms with van der Waals surface area (Å²) >= 11 is 0. The molecular formula is C32H42N4O4. The summed E-state index contributed by atoms with van der Waals surface area (Å²) in [6.45, 7) is 3.82. The number of carbonyl (C=O) groups excluding carboxylic acids is 4. The second-order valence-corrected chi connectivity index (χ2v) is 11.2. The lowest BCUT2D eigenvalue weighted by atomic mass is 10.1. The Morgan fingerprint density at radius 2 is 0.875 bits per heavy atom. The maximum atomic E-state index is 12.4. The maximum absolute atomic E-state index is 12.4. The van der Waals surface area contributed by atoms with Crippen molar-refractivity contribution in [1.82, 2.24) is 0 Å². The molecule has 0 radical (unpaired) electrons. The van der Waals surface area contributed by atoms with E-state index in [0.717, 1.165) is 98.1 Å². The normalized spacial score (nSPS) is 14.3. The van der Waals surface area contributed by atoms with Gasteiger partial charge in [0.25, 0.3) is 0 Å². The highest BCUT2D eigenvalue weighted by atomic mass is 16.2. The van der Waals surface area contributed by atoms with Crippen molar-refractivity contribution in [3.8, 4) is 0 Å². The molecule has 40 heavy (non-hydrogen) atoms. The predicted octanol–water partition coefficient (Wildman–Crippen LogP) is 6.70. The molecule has 2 aliphatic carbocycles. The molecule has 0 bridgehead atoms. The van der Waals surface area contributed by atoms with E-state index in [4.69, 9.17) is 0 Å². The van der Waals surface area contributed by atoms with Crippen LogP contribution in [0.25, 0.3) is 0 Å². The predicted molar refractivity (Wildman–Crippen MR) is 159 cm³/mol. The van der Waals surface area contributed by atoms with Crippen LogP contribution in [0.2, 0.25) is 0 Å². The van der Waals surface area contributed by atoms with Gasteiger partial charge in [-0.3, -0.25) is 19.2 Å². The van der Waals surface area contributed by atoms with Crippen LogP contribution in [0.1, 0.15) is 88.2 Å². The van der Waals surface area contributed by atoms with Gasteiger partial charge in [0.1, 0.15) is 0 Å². The molecule has 2 fully saturated rings. The monoisotopic (exact) mass is 546 g/mol. The minimum atomic E-state index is -0.0168. The maximum Gasteiger partial charge on any atom is 0.227 e. The molecule has 0 spiro atoms. The van der Waals surface area contributed by atoms with E-state index in [1.54, 1.807) is 0 Å². The summed E-state index contributed by atoms with van der Waals surface area (Å²) in [5.74, 6) is 0.351. The Hall–Kier alpha value is -3.68. The van der Waals surface area contributed by atoms with Crippen LogP contribution in [0.4, 0.5) is 22.7 Å². The van der Waals surface area contributed by atoms with E-state index < -0.39 is 0 Å². The first-order chi connectivity index (χ1) is 19.3. The zero-order chi connectivity index (χ0) is 28.5. The molecule has 8 heteroatoms. The summed E-state index contributed by atoms with van der Waals surface area (Å²) in [5.41, 5.74) is 4.73. The van der Waals surface area contributed by atoms with Crippen LogP contribution >= 0.6 is 0 Å². The van der Waals surface area contributed by atoms with Crippen LogP contribution in [0.5, 0.6) is 0 Å². The largest absolute Gasteiger partial charge is 0.326 e. The van der Waals surface area contributed by atoms with Gasteiger partial charge in [-0.25, -0.2) is 0 Å². The lowest BCUT2D eigenvalue weighted by Gasteiger charge is -2.13. The molecule has 2 aromatic carbocycles. The number of nitrogens with one attached hydrogen (secondary N) is 4. The fourth-order valence-electron chi connectivity index (χ4n) is 4.68. The van der Waals surface area contributed by atoms with E-state index in [1.165, 1.54) is 0 Å². The summed E-state index contributed by atoms with van der Waals surface area (Å²) in [7, 11) is 0. The van der Waals surface area contributed by atoms with Gasteiger partial charge in [-0.05, 0) is 87.8 Å². The van der Waals surface area contributed by atoms with Crippen LogP contribution in [-0.4, -0.2) is 23.6 Å². The summed E-state index contributed by atoms with van der Waals surface area (Å²) in [6, 6.07) is 11.1. The first kappa shape index (κ1) is 29.3. The van der Waals surface area contributed by atoms with Gasteiger partial charge >= 0.3 is 0 Å². The van der Waals surface area contributed by atoms with Crippen LogP contribution in [0.3, 0.4) is 0 Å². The Balaban J connectivity index is 1.06. The lowest BCUT2D eigenvalue weighted by molar-refractivity contribution is -0.118. The van der Waals surface area contributed by atoms with E-state index in [0.29, 0.717) is 12.8 Å². The van der Waals surface area contributed by atoms with E-state index in [-0.39, 0.29) is 35.5 Å². The summed E-state index contributed by atoms with van der Waals surface area (Å²) in [4.78, 5) is 49.0. The Morgan fingerprint density at radius 1 is 0.550 bits per heavy atom. The third kappa shape index (κ3) is 8.93. The number of hydrogen-bond donors (Lipinski definition) is 4. The topological polar surface area (TPSA) is 116 Å². The molecule has 0 heterocycles. The molecule has 0 aromatic heterocycles. The standard InChI is InChI=1S/C32H42N4O4/c1-21-25(11-9-13-27(21)35-31(39)23-17-18-23)33-29(37)15-7-5-3-4-6-8-16-30(38)34-26-12-10-14-28(22(26)2)36-32(40)24-19-20-24/h9-14,23-24H,3-8,15-20H2,1-2H3,(H,33,37)(H,34,38)(H,35,39)(H,36,40). The van der Waals surface area contributed by atoms with Crippen molar-refractivity contribution < 1.29 is 19.2 Å². The average Bonchev–Trinajstić information content (AvgIpc) is 3.83. The van der Waals surface area contributed by atoms with Crippen LogP contribution in [0, 0.1) is 25.7 Å². The molecule has 214 valence electrons. The van der Waals surface area contributed by atoms with Gasteiger partial charge in [0.15, 0.2) is 0 Å². The second kappa shape index (κ2) is 14.1. The Labute approximate surface area is 237 Å². The highest BCUT2D eigenvalue weighted by molar-refractivity contribution is 5.98. The molecule has 4 rings (SSSR count). The number of anilines is 4. The van der Waals surface area contributed by atoms with Gasteiger partial charge in [-0.1, -0.05) is 37.8 Å². The van der Waals surface area contributed by atoms with Crippen molar-refractivity contribution in [2.75, 3.05) is 21.3 Å². The van der Waals surface area contributed by atoms with E-state index in [2.05, 4.69) is 21.3 Å². The van der Waals surface area contributed by atoms with Gasteiger partial charge < -0.3 is 21.3 Å². The van der Waals surface area contributed by atoms with Crippen molar-refractivity contribution in [2.24, 2.45) is 11.8 Å². The molecule has 4 amide bonds. The number of carbonyl (C=O) groups is 4. The molecule has 8 nitrogen and oxygen atoms in total. The molecule has 0 saturated heterocycles. The number of hydrogen-bond acceptors (Lipinski definition) is 4. The molecule has 0 aliphatic heterocycles. The molecule has 2 saturated carbocycles. The minimum Gasteiger partial charge on any atom is -0.326 e. The third-order valence-corrected chi connectivity index (χ3v) is 7.69. The Morgan fingerprint density at radius 3 is 1.23 bits per heavy atom. The van der Waals surface area contributed by atoms with Crippen molar-refractivity contribution in [2.45, 2.75) is 90.9 Å². The van der Waals surface area contributed by atoms with Gasteiger partial charge in [0.05, 0.1) is 0 Å². The molecule has 0 atom stereocenters. The first-order valence-electron chi connectivity index (χ1n) is 14.7.